The summed E-state index contributed by atoms with van der Waals surface area (Å²) in [6, 6.07) is 5.16. The van der Waals surface area contributed by atoms with E-state index in [1.807, 2.05) is 20.2 Å². The highest BCUT2D eigenvalue weighted by Gasteiger charge is 2.05. The minimum atomic E-state index is -0.383. The van der Waals surface area contributed by atoms with Gasteiger partial charge in [0.2, 0.25) is 0 Å². The molecule has 1 aromatic rings. The predicted octanol–water partition coefficient (Wildman–Crippen LogP) is 1.36. The first-order chi connectivity index (χ1) is 7.50. The topological polar surface area (TPSA) is 35.5 Å². The molecule has 3 nitrogen and oxygen atoms in total. The van der Waals surface area contributed by atoms with Crippen LogP contribution in [0.15, 0.2) is 18.2 Å². The molecule has 0 fully saturated rings. The van der Waals surface area contributed by atoms with Crippen molar-refractivity contribution in [2.24, 2.45) is 0 Å². The van der Waals surface area contributed by atoms with Crippen LogP contribution in [0.1, 0.15) is 12.5 Å². The fourth-order valence-electron chi connectivity index (χ4n) is 1.45. The largest absolute Gasteiger partial charge is 0.392 e. The average Bonchev–Trinajstić information content (AvgIpc) is 2.16. The van der Waals surface area contributed by atoms with Gasteiger partial charge in [-0.15, -0.1) is 0 Å². The maximum absolute atomic E-state index is 13.6. The summed E-state index contributed by atoms with van der Waals surface area (Å²) in [5, 5.41) is 12.1. The van der Waals surface area contributed by atoms with Gasteiger partial charge in [0, 0.05) is 27.2 Å². The number of halogens is 1. The molecule has 0 radical (unpaired) electrons. The molecule has 0 saturated carbocycles. The Kier molecular flexibility index (Phi) is 4.71. The fraction of sp³-hybridized carbons (Fsp3) is 0.500. The lowest BCUT2D eigenvalue weighted by atomic mass is 10.2. The van der Waals surface area contributed by atoms with Crippen LogP contribution in [0.5, 0.6) is 0 Å². The Morgan fingerprint density at radius 2 is 2.12 bits per heavy atom. The SMILES string of the molecule is C[C@H](O)CNCc1ccc(N(C)C)c(F)c1. The molecule has 0 aromatic heterocycles. The van der Waals surface area contributed by atoms with Crippen molar-refractivity contribution in [2.75, 3.05) is 25.5 Å². The van der Waals surface area contributed by atoms with Gasteiger partial charge in [0.05, 0.1) is 11.8 Å². The van der Waals surface area contributed by atoms with Crippen LogP contribution < -0.4 is 10.2 Å². The quantitative estimate of drug-likeness (QED) is 0.796. The summed E-state index contributed by atoms with van der Waals surface area (Å²) in [5.74, 6) is -0.221. The minimum Gasteiger partial charge on any atom is -0.392 e. The number of benzene rings is 1. The van der Waals surface area contributed by atoms with Crippen molar-refractivity contribution in [1.82, 2.24) is 5.32 Å². The average molecular weight is 226 g/mol. The van der Waals surface area contributed by atoms with E-state index in [1.54, 1.807) is 17.9 Å². The first kappa shape index (κ1) is 12.9. The van der Waals surface area contributed by atoms with E-state index in [9.17, 15) is 4.39 Å². The molecule has 2 N–H and O–H groups in total. The third-order valence-corrected chi connectivity index (χ3v) is 2.26. The van der Waals surface area contributed by atoms with Gasteiger partial charge in [0.15, 0.2) is 0 Å². The van der Waals surface area contributed by atoms with Crippen LogP contribution in [0.4, 0.5) is 10.1 Å². The smallest absolute Gasteiger partial charge is 0.146 e. The third kappa shape index (κ3) is 3.79. The van der Waals surface area contributed by atoms with Gasteiger partial charge < -0.3 is 15.3 Å². The number of aliphatic hydroxyl groups excluding tert-OH is 1. The van der Waals surface area contributed by atoms with Crippen LogP contribution in [0.3, 0.4) is 0 Å². The zero-order valence-corrected chi connectivity index (χ0v) is 10.00. The Balaban J connectivity index is 2.59. The summed E-state index contributed by atoms with van der Waals surface area (Å²) in [6.45, 7) is 2.79. The van der Waals surface area contributed by atoms with Gasteiger partial charge in [0.25, 0.3) is 0 Å². The van der Waals surface area contributed by atoms with Crippen molar-refractivity contribution in [3.63, 3.8) is 0 Å². The zero-order chi connectivity index (χ0) is 12.1. The molecule has 0 heterocycles. The molecule has 0 aliphatic rings. The van der Waals surface area contributed by atoms with E-state index in [1.165, 1.54) is 6.07 Å². The molecule has 90 valence electrons. The molecular weight excluding hydrogens is 207 g/mol. The molecule has 16 heavy (non-hydrogen) atoms. The second kappa shape index (κ2) is 5.82. The fourth-order valence-corrected chi connectivity index (χ4v) is 1.45. The second-order valence-corrected chi connectivity index (χ2v) is 4.16. The van der Waals surface area contributed by atoms with E-state index in [4.69, 9.17) is 5.11 Å². The number of nitrogens with one attached hydrogen (secondary N) is 1. The molecular formula is C12H19FN2O. The van der Waals surface area contributed by atoms with Crippen molar-refractivity contribution in [3.8, 4) is 0 Å². The highest BCUT2D eigenvalue weighted by Crippen LogP contribution is 2.17. The standard InChI is InChI=1S/C12H19FN2O/c1-9(16)7-14-8-10-4-5-12(15(2)3)11(13)6-10/h4-6,9,14,16H,7-8H2,1-3H3/t9-/m0/s1. The summed E-state index contributed by atoms with van der Waals surface area (Å²) >= 11 is 0. The van der Waals surface area contributed by atoms with Gasteiger partial charge in [-0.3, -0.25) is 0 Å². The molecule has 0 bridgehead atoms. The van der Waals surface area contributed by atoms with Crippen LogP contribution >= 0.6 is 0 Å². The summed E-state index contributed by atoms with van der Waals surface area (Å²) in [6.07, 6.45) is -0.383. The molecule has 1 rings (SSSR count). The summed E-state index contributed by atoms with van der Waals surface area (Å²) < 4.78 is 13.6. The van der Waals surface area contributed by atoms with Crippen molar-refractivity contribution >= 4 is 5.69 Å². The van der Waals surface area contributed by atoms with Crippen LogP contribution in [0.25, 0.3) is 0 Å². The van der Waals surface area contributed by atoms with Crippen molar-refractivity contribution in [3.05, 3.63) is 29.6 Å². The maximum atomic E-state index is 13.6. The molecule has 0 unspecified atom stereocenters. The monoisotopic (exact) mass is 226 g/mol. The third-order valence-electron chi connectivity index (χ3n) is 2.26. The lowest BCUT2D eigenvalue weighted by molar-refractivity contribution is 0.191. The van der Waals surface area contributed by atoms with Gasteiger partial charge in [-0.1, -0.05) is 6.07 Å². The number of aliphatic hydroxyl groups is 1. The normalized spacial score (nSPS) is 12.6. The van der Waals surface area contributed by atoms with E-state index in [2.05, 4.69) is 5.32 Å². The number of rotatable bonds is 5. The molecule has 0 aliphatic heterocycles. The van der Waals surface area contributed by atoms with Gasteiger partial charge in [-0.25, -0.2) is 4.39 Å². The number of anilines is 1. The maximum Gasteiger partial charge on any atom is 0.146 e. The van der Waals surface area contributed by atoms with Gasteiger partial charge in [-0.05, 0) is 24.6 Å². The van der Waals surface area contributed by atoms with Crippen LogP contribution in [-0.2, 0) is 6.54 Å². The van der Waals surface area contributed by atoms with E-state index in [-0.39, 0.29) is 11.9 Å². The molecule has 0 spiro atoms. The Hall–Kier alpha value is -1.13. The highest BCUT2D eigenvalue weighted by atomic mass is 19.1. The Morgan fingerprint density at radius 3 is 2.62 bits per heavy atom. The molecule has 1 aromatic carbocycles. The van der Waals surface area contributed by atoms with Gasteiger partial charge in [0.1, 0.15) is 5.82 Å². The lowest BCUT2D eigenvalue weighted by Crippen LogP contribution is -2.24. The van der Waals surface area contributed by atoms with Crippen LogP contribution in [0, 0.1) is 5.82 Å². The molecule has 0 saturated heterocycles. The Bertz CT molecular complexity index is 340. The number of hydrogen-bond acceptors (Lipinski definition) is 3. The van der Waals surface area contributed by atoms with Gasteiger partial charge in [-0.2, -0.15) is 0 Å². The van der Waals surface area contributed by atoms with E-state index in [0.717, 1.165) is 5.56 Å². The lowest BCUT2D eigenvalue weighted by Gasteiger charge is -2.14. The zero-order valence-electron chi connectivity index (χ0n) is 10.00. The number of nitrogens with zero attached hydrogens (tertiary/aromatic N) is 1. The van der Waals surface area contributed by atoms with E-state index < -0.39 is 0 Å². The van der Waals surface area contributed by atoms with Crippen molar-refractivity contribution < 1.29 is 9.50 Å². The van der Waals surface area contributed by atoms with Gasteiger partial charge >= 0.3 is 0 Å². The van der Waals surface area contributed by atoms with E-state index >= 15 is 0 Å². The van der Waals surface area contributed by atoms with E-state index in [0.29, 0.717) is 18.8 Å². The minimum absolute atomic E-state index is 0.221. The first-order valence-electron chi connectivity index (χ1n) is 5.35. The predicted molar refractivity (Wildman–Crippen MR) is 64.1 cm³/mol. The van der Waals surface area contributed by atoms with Crippen LogP contribution in [-0.4, -0.2) is 31.9 Å². The highest BCUT2D eigenvalue weighted by molar-refractivity contribution is 5.47. The van der Waals surface area contributed by atoms with Crippen LogP contribution in [0.2, 0.25) is 0 Å². The Morgan fingerprint density at radius 1 is 1.44 bits per heavy atom. The molecule has 4 heteroatoms. The number of hydrogen-bond donors (Lipinski definition) is 2. The first-order valence-corrected chi connectivity index (χ1v) is 5.35. The second-order valence-electron chi connectivity index (χ2n) is 4.16. The van der Waals surface area contributed by atoms with Crippen molar-refractivity contribution in [1.29, 1.82) is 0 Å². The molecule has 0 amide bonds. The molecule has 0 aliphatic carbocycles. The summed E-state index contributed by atoms with van der Waals surface area (Å²) in [7, 11) is 3.62. The molecule has 1 atom stereocenters. The summed E-state index contributed by atoms with van der Waals surface area (Å²) in [4.78, 5) is 1.74. The Labute approximate surface area is 95.9 Å². The van der Waals surface area contributed by atoms with Crippen molar-refractivity contribution in [2.45, 2.75) is 19.6 Å². The summed E-state index contributed by atoms with van der Waals surface area (Å²) in [5.41, 5.74) is 1.46.